The molecule has 132 valence electrons. The molecule has 0 unspecified atom stereocenters. The Morgan fingerprint density at radius 2 is 0.783 bits per heavy atom. The summed E-state index contributed by atoms with van der Waals surface area (Å²) in [5.41, 5.74) is -10.2. The average Bonchev–Trinajstić information content (AvgIpc) is 2.20. The molecule has 1 aromatic carbocycles. The number of nitrogen functional groups attached to an aromatic ring is 1. The van der Waals surface area contributed by atoms with Gasteiger partial charge in [-0.1, -0.05) is 0 Å². The van der Waals surface area contributed by atoms with E-state index in [0.29, 0.717) is 0 Å². The Morgan fingerprint density at radius 3 is 0.957 bits per heavy atom. The molecule has 0 atom stereocenters. The molecule has 0 amide bonds. The quantitative estimate of drug-likeness (QED) is 0.487. The number of rotatable bonds is 0. The molecule has 1 rings (SSSR count). The van der Waals surface area contributed by atoms with Gasteiger partial charge in [0.2, 0.25) is 0 Å². The van der Waals surface area contributed by atoms with Crippen LogP contribution in [0.2, 0.25) is 0 Å². The SMILES string of the molecule is Nc1c(C(F)(F)F)c(C(F)(F)F)cc(C(F)(F)F)c1C(F)(F)F. The van der Waals surface area contributed by atoms with Gasteiger partial charge in [-0.2, -0.15) is 52.7 Å². The van der Waals surface area contributed by atoms with Crippen LogP contribution in [0, 0.1) is 0 Å². The number of halogens is 12. The standard InChI is InChI=1S/C10H3F12N/c11-7(12,13)2-1-3(8(14,15)16)5(10(20,21)22)6(23)4(2)9(17,18)19/h1H,23H2. The van der Waals surface area contributed by atoms with E-state index in [1.54, 1.807) is 0 Å². The van der Waals surface area contributed by atoms with Crippen LogP contribution in [0.5, 0.6) is 0 Å². The van der Waals surface area contributed by atoms with Crippen molar-refractivity contribution in [3.05, 3.63) is 28.3 Å². The fourth-order valence-corrected chi connectivity index (χ4v) is 1.76. The van der Waals surface area contributed by atoms with Crippen molar-refractivity contribution in [2.75, 3.05) is 5.73 Å². The predicted molar refractivity (Wildman–Crippen MR) is 50.9 cm³/mol. The summed E-state index contributed by atoms with van der Waals surface area (Å²) in [5, 5.41) is 0. The molecule has 0 radical (unpaired) electrons. The maximum absolute atomic E-state index is 12.6. The molecule has 0 spiro atoms. The molecule has 0 aliphatic heterocycles. The fraction of sp³-hybridized carbons (Fsp3) is 0.400. The zero-order valence-corrected chi connectivity index (χ0v) is 10.2. The van der Waals surface area contributed by atoms with Gasteiger partial charge in [-0.25, -0.2) is 0 Å². The molecule has 0 bridgehead atoms. The molecule has 0 saturated heterocycles. The average molecular weight is 365 g/mol. The van der Waals surface area contributed by atoms with Gasteiger partial charge in [0.1, 0.15) is 0 Å². The highest BCUT2D eigenvalue weighted by Gasteiger charge is 2.52. The third-order valence-corrected chi connectivity index (χ3v) is 2.54. The summed E-state index contributed by atoms with van der Waals surface area (Å²) in [4.78, 5) is 0. The Labute approximate surface area is 118 Å². The highest BCUT2D eigenvalue weighted by atomic mass is 19.4. The minimum absolute atomic E-state index is 1.25. The van der Waals surface area contributed by atoms with Gasteiger partial charge in [0.05, 0.1) is 27.9 Å². The molecule has 0 aromatic heterocycles. The first-order valence-electron chi connectivity index (χ1n) is 5.13. The second kappa shape index (κ2) is 5.09. The van der Waals surface area contributed by atoms with Crippen molar-refractivity contribution in [2.24, 2.45) is 0 Å². The van der Waals surface area contributed by atoms with Crippen LogP contribution in [-0.2, 0) is 24.7 Å². The minimum atomic E-state index is -6.06. The second-order valence-electron chi connectivity index (χ2n) is 4.13. The van der Waals surface area contributed by atoms with E-state index in [1.807, 2.05) is 0 Å². The largest absolute Gasteiger partial charge is 0.418 e. The fourth-order valence-electron chi connectivity index (χ4n) is 1.76. The lowest BCUT2D eigenvalue weighted by Crippen LogP contribution is -2.26. The van der Waals surface area contributed by atoms with Crippen LogP contribution >= 0.6 is 0 Å². The van der Waals surface area contributed by atoms with E-state index in [-0.39, 0.29) is 0 Å². The van der Waals surface area contributed by atoms with Gasteiger partial charge in [-0.05, 0) is 6.07 Å². The van der Waals surface area contributed by atoms with Gasteiger partial charge in [-0.15, -0.1) is 0 Å². The van der Waals surface area contributed by atoms with E-state index < -0.39 is 58.7 Å². The number of hydrogen-bond acceptors (Lipinski definition) is 1. The molecule has 0 fully saturated rings. The first-order chi connectivity index (χ1) is 9.88. The van der Waals surface area contributed by atoms with Gasteiger partial charge in [0, 0.05) is 0 Å². The molecule has 0 heterocycles. The molecular weight excluding hydrogens is 362 g/mol. The number of anilines is 1. The molecule has 13 heteroatoms. The number of benzene rings is 1. The van der Waals surface area contributed by atoms with Crippen LogP contribution in [0.3, 0.4) is 0 Å². The van der Waals surface area contributed by atoms with Crippen molar-refractivity contribution in [3.8, 4) is 0 Å². The normalized spacial score (nSPS) is 14.3. The molecule has 2 N–H and O–H groups in total. The summed E-state index contributed by atoms with van der Waals surface area (Å²) in [6.07, 6.45) is -24.1. The second-order valence-corrected chi connectivity index (χ2v) is 4.13. The Hall–Kier alpha value is -1.82. The third-order valence-electron chi connectivity index (χ3n) is 2.54. The van der Waals surface area contributed by atoms with Crippen molar-refractivity contribution in [3.63, 3.8) is 0 Å². The minimum Gasteiger partial charge on any atom is -0.398 e. The lowest BCUT2D eigenvalue weighted by molar-refractivity contribution is -0.169. The number of alkyl halides is 12. The Morgan fingerprint density at radius 1 is 0.522 bits per heavy atom. The van der Waals surface area contributed by atoms with Crippen molar-refractivity contribution in [2.45, 2.75) is 24.7 Å². The topological polar surface area (TPSA) is 26.0 Å². The van der Waals surface area contributed by atoms with Crippen LogP contribution in [0.25, 0.3) is 0 Å². The van der Waals surface area contributed by atoms with Crippen LogP contribution in [0.15, 0.2) is 6.07 Å². The number of hydrogen-bond donors (Lipinski definition) is 1. The van der Waals surface area contributed by atoms with E-state index in [1.165, 1.54) is 0 Å². The maximum atomic E-state index is 12.6. The lowest BCUT2D eigenvalue weighted by Gasteiger charge is -2.24. The van der Waals surface area contributed by atoms with Gasteiger partial charge >= 0.3 is 24.7 Å². The van der Waals surface area contributed by atoms with Crippen LogP contribution < -0.4 is 5.73 Å². The van der Waals surface area contributed by atoms with Gasteiger partial charge < -0.3 is 5.73 Å². The zero-order valence-electron chi connectivity index (χ0n) is 10.2. The van der Waals surface area contributed by atoms with Gasteiger partial charge in [0.25, 0.3) is 0 Å². The van der Waals surface area contributed by atoms with Crippen molar-refractivity contribution >= 4 is 5.69 Å². The molecular formula is C10H3F12N. The summed E-state index contributed by atoms with van der Waals surface area (Å²) in [5.74, 6) is 0. The summed E-state index contributed by atoms with van der Waals surface area (Å²) in [6, 6.07) is -1.25. The Kier molecular flexibility index (Phi) is 4.26. The van der Waals surface area contributed by atoms with Crippen molar-refractivity contribution < 1.29 is 52.7 Å². The molecule has 0 aliphatic rings. The first-order valence-corrected chi connectivity index (χ1v) is 5.13. The van der Waals surface area contributed by atoms with Crippen molar-refractivity contribution in [1.29, 1.82) is 0 Å². The summed E-state index contributed by atoms with van der Waals surface area (Å²) in [7, 11) is 0. The summed E-state index contributed by atoms with van der Waals surface area (Å²) in [6.45, 7) is 0. The van der Waals surface area contributed by atoms with E-state index in [0.717, 1.165) is 0 Å². The van der Waals surface area contributed by atoms with Crippen LogP contribution in [0.1, 0.15) is 22.3 Å². The third kappa shape index (κ3) is 3.75. The van der Waals surface area contributed by atoms with E-state index >= 15 is 0 Å². The van der Waals surface area contributed by atoms with Crippen LogP contribution in [0.4, 0.5) is 58.4 Å². The Bertz CT molecular complexity index is 550. The molecule has 1 aromatic rings. The highest BCUT2D eigenvalue weighted by Crippen LogP contribution is 2.51. The smallest absolute Gasteiger partial charge is 0.398 e. The van der Waals surface area contributed by atoms with E-state index in [2.05, 4.69) is 5.73 Å². The molecule has 0 saturated carbocycles. The van der Waals surface area contributed by atoms with Crippen LogP contribution in [-0.4, -0.2) is 0 Å². The maximum Gasteiger partial charge on any atom is 0.418 e. The highest BCUT2D eigenvalue weighted by molar-refractivity contribution is 5.64. The van der Waals surface area contributed by atoms with Gasteiger partial charge in [0.15, 0.2) is 0 Å². The van der Waals surface area contributed by atoms with Crippen molar-refractivity contribution in [1.82, 2.24) is 0 Å². The predicted octanol–water partition coefficient (Wildman–Crippen LogP) is 5.34. The summed E-state index contributed by atoms with van der Waals surface area (Å²) >= 11 is 0. The monoisotopic (exact) mass is 365 g/mol. The first kappa shape index (κ1) is 19.2. The summed E-state index contributed by atoms with van der Waals surface area (Å²) < 4.78 is 151. The Balaban J connectivity index is 4.09. The number of nitrogens with two attached hydrogens (primary N) is 1. The molecule has 1 nitrogen and oxygen atoms in total. The van der Waals surface area contributed by atoms with E-state index in [9.17, 15) is 52.7 Å². The zero-order chi connectivity index (χ0) is 18.6. The van der Waals surface area contributed by atoms with Gasteiger partial charge in [-0.3, -0.25) is 0 Å². The van der Waals surface area contributed by atoms with E-state index in [4.69, 9.17) is 0 Å². The lowest BCUT2D eigenvalue weighted by atomic mass is 9.94. The molecule has 0 aliphatic carbocycles. The molecule has 23 heavy (non-hydrogen) atoms.